The number of hydrogen-bond donors (Lipinski definition) is 3. The van der Waals surface area contributed by atoms with E-state index < -0.39 is 0 Å². The van der Waals surface area contributed by atoms with Crippen LogP contribution in [0.25, 0.3) is 0 Å². The van der Waals surface area contributed by atoms with Crippen molar-refractivity contribution >= 4 is 0 Å². The van der Waals surface area contributed by atoms with Gasteiger partial charge in [0.15, 0.2) is 0 Å². The van der Waals surface area contributed by atoms with Crippen molar-refractivity contribution in [1.29, 1.82) is 0 Å². The van der Waals surface area contributed by atoms with Crippen LogP contribution in [0.1, 0.15) is 24.6 Å². The quantitative estimate of drug-likeness (QED) is 0.585. The Balaban J connectivity index is 2.17. The maximum Gasteiger partial charge on any atom is 0.0535 e. The van der Waals surface area contributed by atoms with Gasteiger partial charge < -0.3 is 10.4 Å². The maximum absolute atomic E-state index is 9.01. The molecule has 1 rings (SSSR count). The smallest absolute Gasteiger partial charge is 0.0535 e. The summed E-state index contributed by atoms with van der Waals surface area (Å²) in [4.78, 5) is 0. The van der Waals surface area contributed by atoms with Crippen LogP contribution < -0.4 is 5.32 Å². The molecule has 0 spiro atoms. The zero-order valence-corrected chi connectivity index (χ0v) is 8.17. The number of rotatable bonds is 5. The Morgan fingerprint density at radius 3 is 3.00 bits per heavy atom. The lowest BCUT2D eigenvalue weighted by Gasteiger charge is -2.05. The maximum atomic E-state index is 9.01. The van der Waals surface area contributed by atoms with Crippen molar-refractivity contribution in [3.8, 4) is 0 Å². The second kappa shape index (κ2) is 4.99. The second-order valence-corrected chi connectivity index (χ2v) is 3.33. The lowest BCUT2D eigenvalue weighted by atomic mass is 10.2. The molecule has 0 radical (unpaired) electrons. The molecule has 1 aromatic heterocycles. The second-order valence-electron chi connectivity index (χ2n) is 3.33. The first-order valence-electron chi connectivity index (χ1n) is 4.57. The van der Waals surface area contributed by atoms with E-state index in [0.29, 0.717) is 0 Å². The molecule has 0 aromatic carbocycles. The molecule has 0 aliphatic rings. The Kier molecular flexibility index (Phi) is 3.92. The van der Waals surface area contributed by atoms with Gasteiger partial charge in [-0.25, -0.2) is 0 Å². The predicted octanol–water partition coefficient (Wildman–Crippen LogP) is 0.579. The van der Waals surface area contributed by atoms with E-state index in [4.69, 9.17) is 5.11 Å². The van der Waals surface area contributed by atoms with Crippen molar-refractivity contribution in [2.24, 2.45) is 0 Å². The Labute approximate surface area is 78.4 Å². The fourth-order valence-corrected chi connectivity index (χ4v) is 1.09. The van der Waals surface area contributed by atoms with E-state index in [1.807, 2.05) is 13.1 Å². The molecule has 4 heteroatoms. The van der Waals surface area contributed by atoms with Crippen LogP contribution in [0, 0.1) is 6.92 Å². The van der Waals surface area contributed by atoms with E-state index >= 15 is 0 Å². The van der Waals surface area contributed by atoms with Gasteiger partial charge in [0, 0.05) is 17.8 Å². The van der Waals surface area contributed by atoms with Gasteiger partial charge in [-0.3, -0.25) is 5.10 Å². The van der Waals surface area contributed by atoms with Crippen molar-refractivity contribution in [1.82, 2.24) is 15.5 Å². The average molecular weight is 183 g/mol. The Morgan fingerprint density at radius 2 is 2.46 bits per heavy atom. The number of nitrogens with one attached hydrogen (secondary N) is 2. The third kappa shape index (κ3) is 3.57. The first-order valence-corrected chi connectivity index (χ1v) is 4.57. The van der Waals surface area contributed by atoms with Crippen molar-refractivity contribution in [3.63, 3.8) is 0 Å². The van der Waals surface area contributed by atoms with Crippen molar-refractivity contribution in [3.05, 3.63) is 17.5 Å². The molecule has 0 bridgehead atoms. The molecule has 1 aromatic rings. The van der Waals surface area contributed by atoms with Gasteiger partial charge in [-0.1, -0.05) is 0 Å². The van der Waals surface area contributed by atoms with Gasteiger partial charge in [0.25, 0.3) is 0 Å². The van der Waals surface area contributed by atoms with Gasteiger partial charge in [0.2, 0.25) is 0 Å². The fourth-order valence-electron chi connectivity index (χ4n) is 1.09. The third-order valence-corrected chi connectivity index (χ3v) is 1.99. The van der Waals surface area contributed by atoms with Gasteiger partial charge in [-0.15, -0.1) is 0 Å². The van der Waals surface area contributed by atoms with E-state index in [9.17, 15) is 0 Å². The van der Waals surface area contributed by atoms with Gasteiger partial charge in [0.1, 0.15) is 0 Å². The molecule has 1 heterocycles. The van der Waals surface area contributed by atoms with Gasteiger partial charge >= 0.3 is 0 Å². The summed E-state index contributed by atoms with van der Waals surface area (Å²) >= 11 is 0. The number of nitrogens with zero attached hydrogens (tertiary/aromatic N) is 1. The fraction of sp³-hybridized carbons (Fsp3) is 0.667. The summed E-state index contributed by atoms with van der Waals surface area (Å²) < 4.78 is 0. The molecule has 0 fully saturated rings. The van der Waals surface area contributed by atoms with Crippen LogP contribution in [-0.4, -0.2) is 28.0 Å². The van der Waals surface area contributed by atoms with Crippen molar-refractivity contribution in [2.75, 3.05) is 6.54 Å². The highest BCUT2D eigenvalue weighted by molar-refractivity contribution is 5.13. The molecule has 74 valence electrons. The third-order valence-electron chi connectivity index (χ3n) is 1.99. The minimum absolute atomic E-state index is 0.224. The highest BCUT2D eigenvalue weighted by Gasteiger charge is 1.99. The summed E-state index contributed by atoms with van der Waals surface area (Å²) in [6.45, 7) is 5.45. The SMILES string of the molecule is Cc1[nH]ncc1CNCC[C@@H](C)O. The number of aliphatic hydroxyl groups excluding tert-OH is 1. The molecule has 0 unspecified atom stereocenters. The highest BCUT2D eigenvalue weighted by atomic mass is 16.3. The van der Waals surface area contributed by atoms with E-state index in [-0.39, 0.29) is 6.10 Å². The molecular weight excluding hydrogens is 166 g/mol. The number of H-pyrrole nitrogens is 1. The number of aliphatic hydroxyl groups is 1. The van der Waals surface area contributed by atoms with Crippen LogP contribution in [0.15, 0.2) is 6.20 Å². The van der Waals surface area contributed by atoms with Crippen LogP contribution in [0.5, 0.6) is 0 Å². The van der Waals surface area contributed by atoms with E-state index in [1.54, 1.807) is 6.92 Å². The van der Waals surface area contributed by atoms with Crippen LogP contribution in [0.2, 0.25) is 0 Å². The molecule has 0 saturated carbocycles. The monoisotopic (exact) mass is 183 g/mol. The van der Waals surface area contributed by atoms with Gasteiger partial charge in [-0.2, -0.15) is 5.10 Å². The first-order chi connectivity index (χ1) is 6.20. The average Bonchev–Trinajstić information content (AvgIpc) is 2.45. The normalized spacial score (nSPS) is 13.2. The molecule has 0 amide bonds. The number of aryl methyl sites for hydroxylation is 1. The minimum Gasteiger partial charge on any atom is -0.393 e. The summed E-state index contributed by atoms with van der Waals surface area (Å²) in [7, 11) is 0. The van der Waals surface area contributed by atoms with Crippen LogP contribution >= 0.6 is 0 Å². The lowest BCUT2D eigenvalue weighted by Crippen LogP contribution is -2.18. The first kappa shape index (κ1) is 10.2. The van der Waals surface area contributed by atoms with Crippen LogP contribution in [0.3, 0.4) is 0 Å². The zero-order valence-electron chi connectivity index (χ0n) is 8.17. The summed E-state index contributed by atoms with van der Waals surface area (Å²) in [5.41, 5.74) is 2.29. The number of aromatic amines is 1. The molecular formula is C9H17N3O. The number of aromatic nitrogens is 2. The molecule has 1 atom stereocenters. The molecule has 4 nitrogen and oxygen atoms in total. The topological polar surface area (TPSA) is 60.9 Å². The zero-order chi connectivity index (χ0) is 9.68. The van der Waals surface area contributed by atoms with Gasteiger partial charge in [-0.05, 0) is 26.8 Å². The van der Waals surface area contributed by atoms with Crippen molar-refractivity contribution < 1.29 is 5.11 Å². The summed E-state index contributed by atoms with van der Waals surface area (Å²) in [5.74, 6) is 0. The highest BCUT2D eigenvalue weighted by Crippen LogP contribution is 2.01. The molecule has 0 aliphatic heterocycles. The van der Waals surface area contributed by atoms with Crippen LogP contribution in [0.4, 0.5) is 0 Å². The van der Waals surface area contributed by atoms with E-state index in [0.717, 1.165) is 25.2 Å². The van der Waals surface area contributed by atoms with E-state index in [2.05, 4.69) is 15.5 Å². The summed E-state index contributed by atoms with van der Waals surface area (Å²) in [5, 5.41) is 19.0. The van der Waals surface area contributed by atoms with Crippen molar-refractivity contribution in [2.45, 2.75) is 32.9 Å². The largest absolute Gasteiger partial charge is 0.393 e. The summed E-state index contributed by atoms with van der Waals surface area (Å²) in [6.07, 6.45) is 2.39. The summed E-state index contributed by atoms with van der Waals surface area (Å²) in [6, 6.07) is 0. The number of hydrogen-bond acceptors (Lipinski definition) is 3. The molecule has 0 aliphatic carbocycles. The standard InChI is InChI=1S/C9H17N3O/c1-7(13)3-4-10-5-9-6-11-12-8(9)2/h6-7,10,13H,3-5H2,1-2H3,(H,11,12)/t7-/m1/s1. The molecule has 13 heavy (non-hydrogen) atoms. The Hall–Kier alpha value is -0.870. The minimum atomic E-state index is -0.224. The molecule has 0 saturated heterocycles. The van der Waals surface area contributed by atoms with Gasteiger partial charge in [0.05, 0.1) is 12.3 Å². The Morgan fingerprint density at radius 1 is 1.69 bits per heavy atom. The Bertz CT molecular complexity index is 245. The lowest BCUT2D eigenvalue weighted by molar-refractivity contribution is 0.183. The molecule has 3 N–H and O–H groups in total. The van der Waals surface area contributed by atoms with Crippen LogP contribution in [-0.2, 0) is 6.54 Å². The van der Waals surface area contributed by atoms with E-state index in [1.165, 1.54) is 5.56 Å². The predicted molar refractivity (Wildman–Crippen MR) is 51.3 cm³/mol.